The van der Waals surface area contributed by atoms with Gasteiger partial charge in [0.2, 0.25) is 0 Å². The Kier molecular flexibility index (Phi) is 5.97. The van der Waals surface area contributed by atoms with Crippen molar-refractivity contribution in [1.82, 2.24) is 0 Å². The molecule has 3 nitrogen and oxygen atoms in total. The third-order valence-electron chi connectivity index (χ3n) is 5.00. The second kappa shape index (κ2) is 7.60. The lowest BCUT2D eigenvalue weighted by Gasteiger charge is -2.45. The van der Waals surface area contributed by atoms with E-state index in [0.717, 1.165) is 17.7 Å². The molecule has 24 heavy (non-hydrogen) atoms. The van der Waals surface area contributed by atoms with E-state index < -0.39 is 0 Å². The molecule has 2 rings (SSSR count). The molecule has 0 spiro atoms. The van der Waals surface area contributed by atoms with Crippen LogP contribution in [-0.2, 0) is 4.74 Å². The van der Waals surface area contributed by atoms with Crippen LogP contribution in [0.15, 0.2) is 24.8 Å². The number of methoxy groups -OCH3 is 1. The zero-order valence-electron chi connectivity index (χ0n) is 15.2. The first kappa shape index (κ1) is 18.9. The molecule has 1 aromatic rings. The summed E-state index contributed by atoms with van der Waals surface area (Å²) >= 11 is 6.35. The van der Waals surface area contributed by atoms with E-state index in [-0.39, 0.29) is 11.5 Å². The van der Waals surface area contributed by atoms with Gasteiger partial charge in [-0.15, -0.1) is 6.58 Å². The molecule has 0 amide bonds. The summed E-state index contributed by atoms with van der Waals surface area (Å²) in [6, 6.07) is 4.13. The lowest BCUT2D eigenvalue weighted by Crippen LogP contribution is -2.49. The molecule has 0 heterocycles. The van der Waals surface area contributed by atoms with Crippen molar-refractivity contribution in [3.8, 4) is 0 Å². The first-order valence-electron chi connectivity index (χ1n) is 8.60. The number of ether oxygens (including phenoxy) is 1. The summed E-state index contributed by atoms with van der Waals surface area (Å²) in [4.78, 5) is 14.6. The number of nitrogens with zero attached hydrogens (tertiary/aromatic N) is 1. The highest BCUT2D eigenvalue weighted by molar-refractivity contribution is 6.31. The van der Waals surface area contributed by atoms with Gasteiger partial charge >= 0.3 is 5.97 Å². The average molecular weight is 350 g/mol. The third kappa shape index (κ3) is 3.77. The Balaban J connectivity index is 2.59. The fourth-order valence-corrected chi connectivity index (χ4v) is 4.08. The summed E-state index contributed by atoms with van der Waals surface area (Å²) < 4.78 is 4.93. The van der Waals surface area contributed by atoms with Crippen LogP contribution < -0.4 is 4.90 Å². The van der Waals surface area contributed by atoms with Gasteiger partial charge in [-0.1, -0.05) is 30.5 Å². The Morgan fingerprint density at radius 2 is 2.04 bits per heavy atom. The number of hydrogen-bond acceptors (Lipinski definition) is 3. The Morgan fingerprint density at radius 3 is 2.58 bits per heavy atom. The summed E-state index contributed by atoms with van der Waals surface area (Å²) in [5.41, 5.74) is 2.40. The zero-order valence-corrected chi connectivity index (χ0v) is 15.9. The SMILES string of the molecule is C=CCC(C)(C)N(c1cc(Cl)cc(C(=O)OC)c1C)C1CCCC1. The number of benzene rings is 1. The standard InChI is InChI=1S/C20H28ClNO2/c1-6-11-20(3,4)22(16-9-7-8-10-16)18-13-15(21)12-17(14(18)2)19(23)24-5/h6,12-13,16H,1,7-11H2,2-5H3. The van der Waals surface area contributed by atoms with E-state index in [9.17, 15) is 4.79 Å². The molecule has 1 fully saturated rings. The normalized spacial score (nSPS) is 15.4. The molecule has 0 aliphatic heterocycles. The average Bonchev–Trinajstić information content (AvgIpc) is 3.03. The Morgan fingerprint density at radius 1 is 1.42 bits per heavy atom. The number of anilines is 1. The van der Waals surface area contributed by atoms with Crippen molar-refractivity contribution in [2.45, 2.75) is 64.5 Å². The van der Waals surface area contributed by atoms with Gasteiger partial charge in [0, 0.05) is 22.3 Å². The van der Waals surface area contributed by atoms with Crippen LogP contribution in [0.4, 0.5) is 5.69 Å². The molecule has 0 saturated heterocycles. The Labute approximate surface area is 150 Å². The van der Waals surface area contributed by atoms with Crippen LogP contribution in [0.1, 0.15) is 61.9 Å². The van der Waals surface area contributed by atoms with Crippen molar-refractivity contribution in [3.05, 3.63) is 40.9 Å². The van der Waals surface area contributed by atoms with Gasteiger partial charge in [0.05, 0.1) is 12.7 Å². The summed E-state index contributed by atoms with van der Waals surface area (Å²) in [6.07, 6.45) is 7.65. The molecule has 0 bridgehead atoms. The van der Waals surface area contributed by atoms with Gasteiger partial charge in [-0.25, -0.2) is 4.79 Å². The van der Waals surface area contributed by atoms with Crippen LogP contribution in [-0.4, -0.2) is 24.7 Å². The maximum absolute atomic E-state index is 12.1. The van der Waals surface area contributed by atoms with E-state index in [1.807, 2.05) is 19.1 Å². The minimum absolute atomic E-state index is 0.0976. The minimum atomic E-state index is -0.343. The van der Waals surface area contributed by atoms with Crippen molar-refractivity contribution in [1.29, 1.82) is 0 Å². The summed E-state index contributed by atoms with van der Waals surface area (Å²) in [5, 5.41) is 0.563. The molecule has 1 aromatic carbocycles. The van der Waals surface area contributed by atoms with Crippen LogP contribution >= 0.6 is 11.6 Å². The maximum atomic E-state index is 12.1. The van der Waals surface area contributed by atoms with E-state index in [0.29, 0.717) is 16.6 Å². The summed E-state index contributed by atoms with van der Waals surface area (Å²) in [5.74, 6) is -0.343. The predicted octanol–water partition coefficient (Wildman–Crippen LogP) is 5.54. The van der Waals surface area contributed by atoms with Crippen molar-refractivity contribution < 1.29 is 9.53 Å². The quantitative estimate of drug-likeness (QED) is 0.499. The van der Waals surface area contributed by atoms with E-state index in [1.165, 1.54) is 32.8 Å². The zero-order chi connectivity index (χ0) is 17.9. The molecule has 1 aliphatic carbocycles. The van der Waals surface area contributed by atoms with Crippen molar-refractivity contribution in [2.24, 2.45) is 0 Å². The molecule has 0 radical (unpaired) electrons. The Bertz CT molecular complexity index is 618. The number of carbonyl (C=O) groups excluding carboxylic acids is 1. The van der Waals surface area contributed by atoms with Crippen LogP contribution in [0, 0.1) is 6.92 Å². The highest BCUT2D eigenvalue weighted by Crippen LogP contribution is 2.39. The molecule has 1 aliphatic rings. The largest absolute Gasteiger partial charge is 0.465 e. The molecule has 132 valence electrons. The van der Waals surface area contributed by atoms with Gasteiger partial charge in [0.1, 0.15) is 0 Å². The molecular weight excluding hydrogens is 322 g/mol. The monoisotopic (exact) mass is 349 g/mol. The molecular formula is C20H28ClNO2. The second-order valence-corrected chi connectivity index (χ2v) is 7.64. The Hall–Kier alpha value is -1.48. The molecule has 0 unspecified atom stereocenters. The molecule has 4 heteroatoms. The summed E-state index contributed by atoms with van der Waals surface area (Å²) in [7, 11) is 1.40. The third-order valence-corrected chi connectivity index (χ3v) is 5.21. The highest BCUT2D eigenvalue weighted by atomic mass is 35.5. The number of hydrogen-bond donors (Lipinski definition) is 0. The topological polar surface area (TPSA) is 29.5 Å². The number of rotatable bonds is 6. The second-order valence-electron chi connectivity index (χ2n) is 7.20. The highest BCUT2D eigenvalue weighted by Gasteiger charge is 2.35. The predicted molar refractivity (Wildman–Crippen MR) is 101 cm³/mol. The van der Waals surface area contributed by atoms with Crippen molar-refractivity contribution >= 4 is 23.3 Å². The van der Waals surface area contributed by atoms with Crippen molar-refractivity contribution in [2.75, 3.05) is 12.0 Å². The van der Waals surface area contributed by atoms with Crippen molar-refractivity contribution in [3.63, 3.8) is 0 Å². The van der Waals surface area contributed by atoms with Crippen LogP contribution in [0.25, 0.3) is 0 Å². The molecule has 1 saturated carbocycles. The lowest BCUT2D eigenvalue weighted by atomic mass is 9.92. The van der Waals surface area contributed by atoms with Gasteiger partial charge in [-0.2, -0.15) is 0 Å². The molecule has 0 N–H and O–H groups in total. The fraction of sp³-hybridized carbons (Fsp3) is 0.550. The fourth-order valence-electron chi connectivity index (χ4n) is 3.87. The number of esters is 1. The van der Waals surface area contributed by atoms with Gasteiger partial charge in [-0.05, 0) is 57.7 Å². The lowest BCUT2D eigenvalue weighted by molar-refractivity contribution is 0.0600. The first-order chi connectivity index (χ1) is 11.3. The van der Waals surface area contributed by atoms with Crippen LogP contribution in [0.5, 0.6) is 0 Å². The van der Waals surface area contributed by atoms with Gasteiger partial charge in [0.15, 0.2) is 0 Å². The molecule has 0 atom stereocenters. The van der Waals surface area contributed by atoms with Gasteiger partial charge in [-0.3, -0.25) is 0 Å². The summed E-state index contributed by atoms with van der Waals surface area (Å²) in [6.45, 7) is 10.4. The maximum Gasteiger partial charge on any atom is 0.338 e. The molecule has 0 aromatic heterocycles. The van der Waals surface area contributed by atoms with E-state index >= 15 is 0 Å². The minimum Gasteiger partial charge on any atom is -0.465 e. The van der Waals surface area contributed by atoms with Crippen LogP contribution in [0.2, 0.25) is 5.02 Å². The smallest absolute Gasteiger partial charge is 0.338 e. The van der Waals surface area contributed by atoms with E-state index in [4.69, 9.17) is 16.3 Å². The van der Waals surface area contributed by atoms with E-state index in [1.54, 1.807) is 6.07 Å². The number of carbonyl (C=O) groups is 1. The van der Waals surface area contributed by atoms with Gasteiger partial charge in [0.25, 0.3) is 0 Å². The number of halogens is 1. The first-order valence-corrected chi connectivity index (χ1v) is 8.98. The van der Waals surface area contributed by atoms with Crippen LogP contribution in [0.3, 0.4) is 0 Å². The van der Waals surface area contributed by atoms with E-state index in [2.05, 4.69) is 25.3 Å². The van der Waals surface area contributed by atoms with Gasteiger partial charge < -0.3 is 9.64 Å².